The highest BCUT2D eigenvalue weighted by Gasteiger charge is 2.59. The van der Waals surface area contributed by atoms with E-state index in [4.69, 9.17) is 13.6 Å². The van der Waals surface area contributed by atoms with Crippen LogP contribution in [0.1, 0.15) is 124 Å². The number of rotatable bonds is 15. The van der Waals surface area contributed by atoms with Crippen molar-refractivity contribution >= 4 is 85.8 Å². The van der Waals surface area contributed by atoms with Gasteiger partial charge in [-0.05, 0) is 98.2 Å². The molecule has 4 fully saturated rings. The van der Waals surface area contributed by atoms with Crippen LogP contribution in [-0.2, 0) is 28.9 Å². The summed E-state index contributed by atoms with van der Waals surface area (Å²) in [6, 6.07) is 14.0. The molecule has 4 aliphatic rings. The van der Waals surface area contributed by atoms with Gasteiger partial charge in [0.2, 0.25) is 17.4 Å². The van der Waals surface area contributed by atoms with Crippen LogP contribution in [0.3, 0.4) is 0 Å². The number of benzene rings is 3. The average Bonchev–Trinajstić information content (AvgIpc) is 3.67. The fourth-order valence-electron chi connectivity index (χ4n) is 10.6. The van der Waals surface area contributed by atoms with Crippen LogP contribution in [0, 0.1) is 17.8 Å². The van der Waals surface area contributed by atoms with Crippen molar-refractivity contribution in [3.8, 4) is 0 Å². The molecular weight excluding hydrogens is 1070 g/mol. The molecule has 4 amide bonds. The Kier molecular flexibility index (Phi) is 16.3. The molecule has 5 heterocycles. The highest BCUT2D eigenvalue weighted by atomic mass is 32.1. The minimum Gasteiger partial charge on any atom is -0.359 e. The van der Waals surface area contributed by atoms with E-state index in [-0.39, 0.29) is 74.3 Å². The molecule has 0 unspecified atom stereocenters. The normalized spacial score (nSPS) is 22.1. The van der Waals surface area contributed by atoms with Crippen LogP contribution in [0.5, 0.6) is 0 Å². The van der Waals surface area contributed by atoms with Gasteiger partial charge in [0.25, 0.3) is 11.8 Å². The fourth-order valence-corrected chi connectivity index (χ4v) is 14.2. The summed E-state index contributed by atoms with van der Waals surface area (Å²) in [5.41, 5.74) is -4.58. The zero-order valence-corrected chi connectivity index (χ0v) is 47.6. The Balaban J connectivity index is 0.998. The molecule has 3 saturated heterocycles. The lowest BCUT2D eigenvalue weighted by molar-refractivity contribution is -0.148. The predicted molar refractivity (Wildman–Crippen MR) is 302 cm³/mol. The lowest BCUT2D eigenvalue weighted by atomic mass is 9.96. The Bertz CT molecular complexity index is 3290. The maximum Gasteiger partial charge on any atom is 0.404 e. The molecular formula is C56H69F2N6O11PS2. The van der Waals surface area contributed by atoms with Crippen molar-refractivity contribution in [3.05, 3.63) is 111 Å². The van der Waals surface area contributed by atoms with Crippen LogP contribution in [-0.4, -0.2) is 137 Å². The summed E-state index contributed by atoms with van der Waals surface area (Å²) in [4.78, 5) is 79.1. The molecule has 420 valence electrons. The number of nitrogens with zero attached hydrogens (tertiary/aromatic N) is 4. The second kappa shape index (κ2) is 22.3. The van der Waals surface area contributed by atoms with Gasteiger partial charge in [-0.1, -0.05) is 76.5 Å². The lowest BCUT2D eigenvalue weighted by Crippen LogP contribution is -2.61. The Morgan fingerprint density at radius 2 is 1.55 bits per heavy atom. The summed E-state index contributed by atoms with van der Waals surface area (Å²) in [6.07, 6.45) is 5.06. The van der Waals surface area contributed by atoms with E-state index in [1.165, 1.54) is 23.1 Å². The van der Waals surface area contributed by atoms with Crippen molar-refractivity contribution in [2.24, 2.45) is 10.8 Å². The quantitative estimate of drug-likeness (QED) is 0.0250. The number of carbonyl (C=O) groups is 4. The second-order valence-electron chi connectivity index (χ2n) is 23.0. The number of halogens is 2. The van der Waals surface area contributed by atoms with Crippen LogP contribution in [0.25, 0.3) is 21.7 Å². The number of nitrogens with one attached hydrogen (secondary N) is 2. The standard InChI is InChI=1S/C56H69F2N6O11PS2/c1-33-8-15-44-41(26-33)46(61-75-44)50(69)62-21-17-40-13-14-43(49(68)63-31-38(30-55(63)18-19-55)35-16-20-59-45(65)29-35)64(40)48(67)42(32-62)60-47(66)36-10-9-34-11-12-39(28-37(34)27-36)56(57,58)76(72,73-22-24-77-51(70)53(2,3)4)74-23-25-78-52(71)54(5,6)7/h8-12,15-16,20,26-29,38,40,42-43,70-71,77-78H,13-14,17-19,21-25,30-32H2,1-7H3,(H,59,65)(H,60,66)/t38-,40+,42-,43-/m0/s1. The molecule has 1 spiro atoms. The monoisotopic (exact) mass is 1130 g/mol. The second-order valence-corrected chi connectivity index (χ2v) is 27.5. The largest absolute Gasteiger partial charge is 0.404 e. The minimum atomic E-state index is -5.32. The topological polar surface area (TPSA) is 225 Å². The first-order valence-corrected chi connectivity index (χ1v) is 30.1. The zero-order chi connectivity index (χ0) is 56.1. The van der Waals surface area contributed by atoms with E-state index in [1.807, 2.05) is 24.0 Å². The van der Waals surface area contributed by atoms with Crippen LogP contribution in [0.15, 0.2) is 82.2 Å². The number of aromatic nitrogens is 2. The van der Waals surface area contributed by atoms with Crippen molar-refractivity contribution in [1.29, 1.82) is 0 Å². The summed E-state index contributed by atoms with van der Waals surface area (Å²) >= 11 is 0.797. The van der Waals surface area contributed by atoms with Crippen LogP contribution in [0.2, 0.25) is 0 Å². The van der Waals surface area contributed by atoms with Crippen molar-refractivity contribution in [2.75, 3.05) is 44.4 Å². The molecule has 1 aliphatic carbocycles. The van der Waals surface area contributed by atoms with E-state index in [2.05, 4.69) is 15.5 Å². The third-order valence-electron chi connectivity index (χ3n) is 15.2. The molecule has 4 N–H and O–H groups in total. The van der Waals surface area contributed by atoms with E-state index in [0.717, 1.165) is 36.1 Å². The number of aromatic amines is 1. The number of carbonyl (C=O) groups excluding carboxylic acids is 4. The number of hydrogen-bond acceptors (Lipinski definition) is 10. The van der Waals surface area contributed by atoms with Crippen molar-refractivity contribution < 1.29 is 56.3 Å². The molecule has 3 aliphatic heterocycles. The Labute approximate surface area is 458 Å². The third-order valence-corrected chi connectivity index (χ3v) is 20.0. The number of fused-ring (bicyclic) bond motifs is 3. The maximum atomic E-state index is 16.9. The molecule has 78 heavy (non-hydrogen) atoms. The van der Waals surface area contributed by atoms with Gasteiger partial charge in [0.1, 0.15) is 12.1 Å². The summed E-state index contributed by atoms with van der Waals surface area (Å²) in [6.45, 7) is 12.0. The molecule has 9 rings (SSSR count). The van der Waals surface area contributed by atoms with Crippen molar-refractivity contribution in [1.82, 2.24) is 30.2 Å². The number of likely N-dealkylation sites (tertiary alicyclic amines) is 1. The Hall–Kier alpha value is -5.41. The van der Waals surface area contributed by atoms with Gasteiger partial charge in [-0.2, -0.15) is 31.5 Å². The first-order chi connectivity index (χ1) is 36.8. The number of pyridine rings is 1. The minimum absolute atomic E-state index is 0.0173. The molecule has 5 aromatic rings. The van der Waals surface area contributed by atoms with E-state index in [9.17, 15) is 34.0 Å². The number of hydrogen-bond donors (Lipinski definition) is 6. The van der Waals surface area contributed by atoms with Crippen LogP contribution >= 0.6 is 30.3 Å². The Morgan fingerprint density at radius 1 is 0.872 bits per heavy atom. The molecule has 22 heteroatoms. The SMILES string of the molecule is Cc1ccc2onc(C(=O)N3CC[C@H]4CC[C@@H](C(=O)N5C[C@@H](c6cc[nH]c(=O)c6)CC56CC6)N4C(=O)[C@@H](NC(=O)c4ccc5ccc(C(F)(F)P(=O)(OCC[SH]=C(O)C(C)(C)C)OCC[SH]=C(O)C(C)(C)C)cc5c4)C3)c2c1. The van der Waals surface area contributed by atoms with Crippen molar-refractivity contribution in [3.63, 3.8) is 0 Å². The van der Waals surface area contributed by atoms with E-state index >= 15 is 13.6 Å². The molecule has 1 saturated carbocycles. The third kappa shape index (κ3) is 11.9. The number of H-pyrrole nitrogens is 1. The summed E-state index contributed by atoms with van der Waals surface area (Å²) in [7, 11) is -5.32. The van der Waals surface area contributed by atoms with Gasteiger partial charge in [-0.3, -0.25) is 28.5 Å². The summed E-state index contributed by atoms with van der Waals surface area (Å²) in [5, 5.41) is 29.3. The highest BCUT2D eigenvalue weighted by Crippen LogP contribution is 2.67. The number of aliphatic hydroxyl groups excluding tert-OH is 2. The molecule has 0 radical (unpaired) electrons. The number of aliphatic hydroxyl groups is 2. The first-order valence-electron chi connectivity index (χ1n) is 26.4. The number of amides is 4. The van der Waals surface area contributed by atoms with Gasteiger partial charge in [0.15, 0.2) is 11.3 Å². The molecule has 0 bridgehead atoms. The van der Waals surface area contributed by atoms with Crippen LogP contribution < -0.4 is 10.9 Å². The first kappa shape index (κ1) is 57.3. The Morgan fingerprint density at radius 3 is 2.21 bits per heavy atom. The molecule has 3 aromatic carbocycles. The average molecular weight is 1140 g/mol. The van der Waals surface area contributed by atoms with Crippen molar-refractivity contribution in [2.45, 2.75) is 122 Å². The highest BCUT2D eigenvalue weighted by molar-refractivity contribution is 7.98. The molecule has 2 aromatic heterocycles. The number of thiol groups is 2. The smallest absolute Gasteiger partial charge is 0.359 e. The maximum absolute atomic E-state index is 16.9. The fraction of sp³-hybridized carbons (Fsp3) is 0.500. The number of aryl methyl sites for hydroxylation is 1. The van der Waals surface area contributed by atoms with E-state index in [0.29, 0.717) is 71.3 Å². The number of alkyl halides is 2. The van der Waals surface area contributed by atoms with Gasteiger partial charge < -0.3 is 48.8 Å². The molecule has 4 atom stereocenters. The van der Waals surface area contributed by atoms with Gasteiger partial charge >= 0.3 is 13.3 Å². The van der Waals surface area contributed by atoms with E-state index in [1.54, 1.807) is 76.9 Å². The predicted octanol–water partition coefficient (Wildman–Crippen LogP) is 9.21. The van der Waals surface area contributed by atoms with Crippen LogP contribution in [0.4, 0.5) is 8.78 Å². The van der Waals surface area contributed by atoms with Gasteiger partial charge in [0.05, 0.1) is 35.2 Å². The van der Waals surface area contributed by atoms with Gasteiger partial charge in [0, 0.05) is 76.3 Å². The van der Waals surface area contributed by atoms with E-state index < -0.39 is 78.7 Å². The molecule has 17 nitrogen and oxygen atoms in total. The van der Waals surface area contributed by atoms with Gasteiger partial charge in [-0.25, -0.2) is 0 Å². The lowest BCUT2D eigenvalue weighted by Gasteiger charge is -2.40. The zero-order valence-electron chi connectivity index (χ0n) is 44.9. The van der Waals surface area contributed by atoms with Gasteiger partial charge in [-0.15, -0.1) is 0 Å². The summed E-state index contributed by atoms with van der Waals surface area (Å²) < 4.78 is 64.7. The summed E-state index contributed by atoms with van der Waals surface area (Å²) in [5.74, 6) is -2.02.